The monoisotopic (exact) mass is 506 g/mol. The van der Waals surface area contributed by atoms with Crippen LogP contribution in [-0.4, -0.2) is 97.9 Å². The van der Waals surface area contributed by atoms with Gasteiger partial charge in [-0.05, 0) is 26.3 Å². The van der Waals surface area contributed by atoms with Crippen molar-refractivity contribution in [3.8, 4) is 0 Å². The third-order valence-corrected chi connectivity index (χ3v) is 5.13. The van der Waals surface area contributed by atoms with Crippen LogP contribution in [0.3, 0.4) is 0 Å². The highest BCUT2D eigenvalue weighted by atomic mass is 127. The maximum Gasteiger partial charge on any atom is 0.194 e. The summed E-state index contributed by atoms with van der Waals surface area (Å²) in [6, 6.07) is 1.94. The molecule has 2 aliphatic heterocycles. The van der Waals surface area contributed by atoms with Crippen LogP contribution in [0.25, 0.3) is 0 Å². The van der Waals surface area contributed by atoms with E-state index in [2.05, 4.69) is 32.1 Å². The van der Waals surface area contributed by atoms with Gasteiger partial charge in [0.15, 0.2) is 5.96 Å². The van der Waals surface area contributed by atoms with Gasteiger partial charge in [-0.25, -0.2) is 0 Å². The predicted octanol–water partition coefficient (Wildman–Crippen LogP) is 1.49. The van der Waals surface area contributed by atoms with E-state index in [0.29, 0.717) is 0 Å². The first-order valence-corrected chi connectivity index (χ1v) is 10.3. The van der Waals surface area contributed by atoms with E-state index in [0.717, 1.165) is 96.7 Å². The molecule has 28 heavy (non-hydrogen) atoms. The molecule has 3 rings (SSSR count). The lowest BCUT2D eigenvalue weighted by Crippen LogP contribution is -2.52. The number of hydrogen-bond acceptors (Lipinski definition) is 6. The van der Waals surface area contributed by atoms with Crippen molar-refractivity contribution >= 4 is 29.9 Å². The van der Waals surface area contributed by atoms with E-state index in [4.69, 9.17) is 14.3 Å². The second-order valence-corrected chi connectivity index (χ2v) is 7.15. The molecule has 0 saturated carbocycles. The van der Waals surface area contributed by atoms with Crippen LogP contribution in [0.15, 0.2) is 21.8 Å². The molecule has 2 saturated heterocycles. The van der Waals surface area contributed by atoms with E-state index in [1.54, 1.807) is 6.26 Å². The Morgan fingerprint density at radius 3 is 2.57 bits per heavy atom. The maximum atomic E-state index is 5.40. The Hall–Kier alpha value is -0.910. The second-order valence-electron chi connectivity index (χ2n) is 7.15. The Bertz CT molecular complexity index is 543. The molecule has 9 heteroatoms. The van der Waals surface area contributed by atoms with Gasteiger partial charge in [0.2, 0.25) is 0 Å². The number of hydrogen-bond donors (Lipinski definition) is 1. The van der Waals surface area contributed by atoms with Crippen LogP contribution in [0, 0.1) is 0 Å². The van der Waals surface area contributed by atoms with Crippen LogP contribution in [0.4, 0.5) is 0 Å². The summed E-state index contributed by atoms with van der Waals surface area (Å²) < 4.78 is 10.3. The minimum atomic E-state index is 0. The minimum absolute atomic E-state index is 0. The summed E-state index contributed by atoms with van der Waals surface area (Å²) in [6.07, 6.45) is 3.98. The fraction of sp³-hybridized carbons (Fsp3) is 0.789. The number of guanidine groups is 1. The van der Waals surface area contributed by atoms with Crippen LogP contribution >= 0.6 is 24.0 Å². The topological polar surface area (TPSA) is 69.4 Å². The summed E-state index contributed by atoms with van der Waals surface area (Å²) in [6.45, 7) is 13.9. The second kappa shape index (κ2) is 13.3. The predicted molar refractivity (Wildman–Crippen MR) is 121 cm³/mol. The van der Waals surface area contributed by atoms with Crippen molar-refractivity contribution < 1.29 is 9.26 Å². The van der Waals surface area contributed by atoms with Crippen LogP contribution in [0.2, 0.25) is 0 Å². The van der Waals surface area contributed by atoms with E-state index in [9.17, 15) is 0 Å². The number of morpholine rings is 1. The van der Waals surface area contributed by atoms with E-state index >= 15 is 0 Å². The van der Waals surface area contributed by atoms with Crippen LogP contribution in [0.5, 0.6) is 0 Å². The molecule has 0 aliphatic carbocycles. The lowest BCUT2D eigenvalue weighted by Gasteiger charge is -2.36. The molecule has 1 aromatic heterocycles. The number of ether oxygens (including phenoxy) is 1. The molecule has 0 bridgehead atoms. The van der Waals surface area contributed by atoms with Gasteiger partial charge in [0, 0.05) is 65.0 Å². The molecule has 0 unspecified atom stereocenters. The van der Waals surface area contributed by atoms with Gasteiger partial charge in [0.1, 0.15) is 6.26 Å². The molecule has 160 valence electrons. The van der Waals surface area contributed by atoms with Crippen molar-refractivity contribution in [1.82, 2.24) is 25.2 Å². The van der Waals surface area contributed by atoms with Gasteiger partial charge in [-0.3, -0.25) is 14.8 Å². The van der Waals surface area contributed by atoms with Crippen molar-refractivity contribution in [2.45, 2.75) is 26.3 Å². The molecule has 2 aliphatic rings. The molecule has 0 aromatic carbocycles. The summed E-state index contributed by atoms with van der Waals surface area (Å²) in [4.78, 5) is 12.2. The third kappa shape index (κ3) is 7.84. The highest BCUT2D eigenvalue weighted by Gasteiger charge is 2.20. The summed E-state index contributed by atoms with van der Waals surface area (Å²) in [7, 11) is 0. The SMILES string of the molecule is CCNC(=NCCCCN1CCOCC1)N1CCN(Cc2ccon2)CC1.I. The number of rotatable bonds is 8. The highest BCUT2D eigenvalue weighted by Crippen LogP contribution is 2.08. The number of unbranched alkanes of at least 4 members (excludes halogenated alkanes) is 1. The van der Waals surface area contributed by atoms with Gasteiger partial charge >= 0.3 is 0 Å². The molecule has 1 N–H and O–H groups in total. The number of aromatic nitrogens is 1. The Kier molecular flexibility index (Phi) is 11.1. The van der Waals surface area contributed by atoms with Gasteiger partial charge in [-0.1, -0.05) is 5.16 Å². The zero-order valence-corrected chi connectivity index (χ0v) is 19.3. The number of nitrogens with one attached hydrogen (secondary N) is 1. The fourth-order valence-electron chi connectivity index (χ4n) is 3.55. The van der Waals surface area contributed by atoms with Crippen LogP contribution in [0.1, 0.15) is 25.5 Å². The van der Waals surface area contributed by atoms with Crippen molar-refractivity contribution in [3.05, 3.63) is 18.0 Å². The lowest BCUT2D eigenvalue weighted by molar-refractivity contribution is 0.0373. The van der Waals surface area contributed by atoms with Crippen molar-refractivity contribution in [1.29, 1.82) is 0 Å². The quantitative estimate of drug-likeness (QED) is 0.248. The summed E-state index contributed by atoms with van der Waals surface area (Å²) >= 11 is 0. The molecular weight excluding hydrogens is 471 g/mol. The molecule has 2 fully saturated rings. The molecule has 0 radical (unpaired) electrons. The number of aliphatic imine (C=N–C) groups is 1. The minimum Gasteiger partial charge on any atom is -0.379 e. The average molecular weight is 506 g/mol. The first-order valence-electron chi connectivity index (χ1n) is 10.3. The van der Waals surface area contributed by atoms with Gasteiger partial charge < -0.3 is 19.5 Å². The Morgan fingerprint density at radius 1 is 1.11 bits per heavy atom. The standard InChI is InChI=1S/C19H34N6O2.HI/c1-2-20-19(21-6-3-4-7-23-12-15-26-16-13-23)25-10-8-24(9-11-25)17-18-5-14-27-22-18;/h5,14H,2-4,6-13,15-17H2,1H3,(H,20,21);1H. The van der Waals surface area contributed by atoms with Gasteiger partial charge in [0.05, 0.1) is 18.9 Å². The fourth-order valence-corrected chi connectivity index (χ4v) is 3.55. The maximum absolute atomic E-state index is 5.40. The third-order valence-electron chi connectivity index (χ3n) is 5.13. The molecule has 8 nitrogen and oxygen atoms in total. The molecule has 1 aromatic rings. The average Bonchev–Trinajstić information content (AvgIpc) is 3.21. The van der Waals surface area contributed by atoms with E-state index in [1.807, 2.05) is 6.07 Å². The number of piperazine rings is 1. The Labute approximate surface area is 185 Å². The zero-order chi connectivity index (χ0) is 18.7. The van der Waals surface area contributed by atoms with Gasteiger partial charge in [-0.2, -0.15) is 0 Å². The molecule has 0 atom stereocenters. The van der Waals surface area contributed by atoms with E-state index < -0.39 is 0 Å². The highest BCUT2D eigenvalue weighted by molar-refractivity contribution is 14.0. The smallest absolute Gasteiger partial charge is 0.194 e. The first-order chi connectivity index (χ1) is 13.3. The number of nitrogens with zero attached hydrogens (tertiary/aromatic N) is 5. The summed E-state index contributed by atoms with van der Waals surface area (Å²) in [5.41, 5.74) is 1.00. The van der Waals surface area contributed by atoms with Gasteiger partial charge in [-0.15, -0.1) is 24.0 Å². The molecule has 0 spiro atoms. The van der Waals surface area contributed by atoms with Gasteiger partial charge in [0.25, 0.3) is 0 Å². The molecular formula is C19H35IN6O2. The Balaban J connectivity index is 0.00000280. The first kappa shape index (κ1) is 23.4. The van der Waals surface area contributed by atoms with Crippen LogP contribution < -0.4 is 5.32 Å². The summed E-state index contributed by atoms with van der Waals surface area (Å²) in [5, 5.41) is 7.46. The van der Waals surface area contributed by atoms with Crippen molar-refractivity contribution in [2.24, 2.45) is 4.99 Å². The normalized spacial score (nSPS) is 19.5. The lowest BCUT2D eigenvalue weighted by atomic mass is 10.2. The largest absolute Gasteiger partial charge is 0.379 e. The Morgan fingerprint density at radius 2 is 1.89 bits per heavy atom. The number of halogens is 1. The molecule has 0 amide bonds. The van der Waals surface area contributed by atoms with E-state index in [-0.39, 0.29) is 24.0 Å². The zero-order valence-electron chi connectivity index (χ0n) is 17.0. The van der Waals surface area contributed by atoms with E-state index in [1.165, 1.54) is 6.42 Å². The molecule has 3 heterocycles. The van der Waals surface area contributed by atoms with Crippen molar-refractivity contribution in [2.75, 3.05) is 72.1 Å². The van der Waals surface area contributed by atoms with Crippen molar-refractivity contribution in [3.63, 3.8) is 0 Å². The summed E-state index contributed by atoms with van der Waals surface area (Å²) in [5.74, 6) is 1.06. The van der Waals surface area contributed by atoms with Crippen LogP contribution in [-0.2, 0) is 11.3 Å².